The van der Waals surface area contributed by atoms with E-state index in [1.165, 1.54) is 12.5 Å². The molecule has 1 aliphatic heterocycles. The molecule has 8 heteroatoms. The molecule has 39 heavy (non-hydrogen) atoms. The van der Waals surface area contributed by atoms with Gasteiger partial charge in [-0.25, -0.2) is 4.98 Å². The maximum atomic E-state index is 12.0. The van der Waals surface area contributed by atoms with E-state index in [9.17, 15) is 9.90 Å². The summed E-state index contributed by atoms with van der Waals surface area (Å²) in [6, 6.07) is 23.4. The molecule has 5 rings (SSSR count). The number of methoxy groups -OCH3 is 1. The third-order valence-electron chi connectivity index (χ3n) is 7.13. The van der Waals surface area contributed by atoms with Crippen molar-refractivity contribution in [2.75, 3.05) is 23.9 Å². The van der Waals surface area contributed by atoms with Crippen molar-refractivity contribution in [1.82, 2.24) is 9.97 Å². The van der Waals surface area contributed by atoms with Gasteiger partial charge >= 0.3 is 5.97 Å². The fraction of sp³-hybridized carbons (Fsp3) is 0.323. The Kier molecular flexibility index (Phi) is 7.65. The summed E-state index contributed by atoms with van der Waals surface area (Å²) in [5, 5.41) is 15.4. The van der Waals surface area contributed by atoms with Crippen molar-refractivity contribution in [2.24, 2.45) is 0 Å². The first-order valence-corrected chi connectivity index (χ1v) is 13.2. The highest BCUT2D eigenvalue weighted by Gasteiger charge is 2.44. The number of esters is 1. The first kappa shape index (κ1) is 26.4. The number of hydrogen-bond acceptors (Lipinski definition) is 8. The quantitative estimate of drug-likeness (QED) is 0.301. The summed E-state index contributed by atoms with van der Waals surface area (Å²) in [6.45, 7) is 5.92. The van der Waals surface area contributed by atoms with Crippen LogP contribution in [0, 0.1) is 0 Å². The molecule has 0 bridgehead atoms. The van der Waals surface area contributed by atoms with E-state index in [4.69, 9.17) is 19.4 Å². The van der Waals surface area contributed by atoms with Gasteiger partial charge in [-0.15, -0.1) is 0 Å². The lowest BCUT2D eigenvalue weighted by Gasteiger charge is -2.28. The largest absolute Gasteiger partial charge is 0.497 e. The minimum absolute atomic E-state index is 0.235. The molecule has 3 unspecified atom stereocenters. The van der Waals surface area contributed by atoms with Gasteiger partial charge in [-0.05, 0) is 53.8 Å². The smallest absolute Gasteiger partial charge is 0.303 e. The number of rotatable bonds is 8. The van der Waals surface area contributed by atoms with Gasteiger partial charge < -0.3 is 24.8 Å². The van der Waals surface area contributed by atoms with Crippen LogP contribution in [0.25, 0.3) is 10.9 Å². The molecule has 1 saturated heterocycles. The third-order valence-corrected chi connectivity index (χ3v) is 7.13. The number of nitrogens with zero attached hydrogens (tertiary/aromatic N) is 3. The van der Waals surface area contributed by atoms with Gasteiger partial charge in [-0.3, -0.25) is 4.79 Å². The number of aliphatic hydroxyl groups excluding tert-OH is 1. The third kappa shape index (κ3) is 5.66. The molecule has 2 N–H and O–H groups in total. The van der Waals surface area contributed by atoms with Crippen LogP contribution in [0.3, 0.4) is 0 Å². The molecule has 1 aromatic heterocycles. The topological polar surface area (TPSA) is 96.8 Å². The molecule has 4 aromatic rings. The zero-order valence-electron chi connectivity index (χ0n) is 22.7. The SMILES string of the molecule is COc1ccc(CC2C(OC(C)=O)C(O)CN2c2nc(Nc3ccccc3C(C)C)c3ccccc3n2)cc1. The number of carbonyl (C=O) groups is 1. The van der Waals surface area contributed by atoms with E-state index in [1.54, 1.807) is 7.11 Å². The number of benzene rings is 3. The minimum atomic E-state index is -0.884. The Bertz CT molecular complexity index is 1460. The summed E-state index contributed by atoms with van der Waals surface area (Å²) < 4.78 is 10.9. The van der Waals surface area contributed by atoms with Crippen LogP contribution in [0.5, 0.6) is 5.75 Å². The van der Waals surface area contributed by atoms with Crippen molar-refractivity contribution in [2.45, 2.75) is 51.4 Å². The fourth-order valence-corrected chi connectivity index (χ4v) is 5.21. The van der Waals surface area contributed by atoms with Crippen LogP contribution in [0.15, 0.2) is 72.8 Å². The highest BCUT2D eigenvalue weighted by Crippen LogP contribution is 2.34. The Morgan fingerprint density at radius 1 is 1.05 bits per heavy atom. The number of fused-ring (bicyclic) bond motifs is 1. The lowest BCUT2D eigenvalue weighted by molar-refractivity contribution is -0.151. The Morgan fingerprint density at radius 3 is 2.49 bits per heavy atom. The van der Waals surface area contributed by atoms with Gasteiger partial charge in [0.05, 0.1) is 25.2 Å². The molecule has 2 heterocycles. The normalized spacial score (nSPS) is 18.9. The zero-order chi connectivity index (χ0) is 27.5. The van der Waals surface area contributed by atoms with Crippen molar-refractivity contribution in [3.63, 3.8) is 0 Å². The summed E-state index contributed by atoms with van der Waals surface area (Å²) in [6.07, 6.45) is -1.09. The van der Waals surface area contributed by atoms with Crippen LogP contribution in [0.2, 0.25) is 0 Å². The van der Waals surface area contributed by atoms with E-state index in [-0.39, 0.29) is 12.6 Å². The number of hydrogen-bond donors (Lipinski definition) is 2. The highest BCUT2D eigenvalue weighted by molar-refractivity contribution is 5.92. The van der Waals surface area contributed by atoms with Crippen LogP contribution in [-0.4, -0.2) is 52.9 Å². The van der Waals surface area contributed by atoms with Crippen LogP contribution in [-0.2, 0) is 16.0 Å². The minimum Gasteiger partial charge on any atom is -0.497 e. The Labute approximate surface area is 228 Å². The average molecular weight is 527 g/mol. The Balaban J connectivity index is 1.56. The predicted molar refractivity (Wildman–Crippen MR) is 153 cm³/mol. The summed E-state index contributed by atoms with van der Waals surface area (Å²) in [7, 11) is 1.63. The van der Waals surface area contributed by atoms with Crippen molar-refractivity contribution in [1.29, 1.82) is 0 Å². The molecular weight excluding hydrogens is 492 g/mol. The summed E-state index contributed by atoms with van der Waals surface area (Å²) in [5.41, 5.74) is 3.96. The summed E-state index contributed by atoms with van der Waals surface area (Å²) >= 11 is 0. The maximum absolute atomic E-state index is 12.0. The van der Waals surface area contributed by atoms with Gasteiger partial charge in [0, 0.05) is 18.0 Å². The molecular formula is C31H34N4O4. The van der Waals surface area contributed by atoms with E-state index < -0.39 is 18.2 Å². The second-order valence-corrected chi connectivity index (χ2v) is 10.2. The van der Waals surface area contributed by atoms with Crippen molar-refractivity contribution in [3.05, 3.63) is 83.9 Å². The highest BCUT2D eigenvalue weighted by atomic mass is 16.6. The number of ether oxygens (including phenoxy) is 2. The van der Waals surface area contributed by atoms with E-state index in [0.29, 0.717) is 24.1 Å². The molecule has 3 aromatic carbocycles. The number of anilines is 3. The number of β-amino-alcohol motifs (C(OH)–C–C–N with tert-alkyl or cyclic N) is 1. The first-order chi connectivity index (χ1) is 18.8. The van der Waals surface area contributed by atoms with E-state index in [1.807, 2.05) is 65.6 Å². The fourth-order valence-electron chi connectivity index (χ4n) is 5.21. The molecule has 0 radical (unpaired) electrons. The van der Waals surface area contributed by atoms with Crippen molar-refractivity contribution < 1.29 is 19.4 Å². The van der Waals surface area contributed by atoms with Gasteiger partial charge in [0.15, 0.2) is 0 Å². The molecule has 8 nitrogen and oxygen atoms in total. The van der Waals surface area contributed by atoms with E-state index in [0.717, 1.165) is 27.9 Å². The van der Waals surface area contributed by atoms with Crippen molar-refractivity contribution >= 4 is 34.3 Å². The number of carbonyl (C=O) groups excluding carboxylic acids is 1. The monoisotopic (exact) mass is 526 g/mol. The number of aromatic nitrogens is 2. The molecule has 0 aliphatic carbocycles. The Hall–Kier alpha value is -4.17. The maximum Gasteiger partial charge on any atom is 0.303 e. The molecule has 0 saturated carbocycles. The lowest BCUT2D eigenvalue weighted by Crippen LogP contribution is -2.41. The average Bonchev–Trinajstić information content (AvgIpc) is 3.23. The van der Waals surface area contributed by atoms with Gasteiger partial charge in [0.2, 0.25) is 5.95 Å². The second kappa shape index (κ2) is 11.3. The van der Waals surface area contributed by atoms with Crippen molar-refractivity contribution in [3.8, 4) is 5.75 Å². The predicted octanol–water partition coefficient (Wildman–Crippen LogP) is 5.23. The van der Waals surface area contributed by atoms with Crippen LogP contribution >= 0.6 is 0 Å². The summed E-state index contributed by atoms with van der Waals surface area (Å²) in [5.74, 6) is 1.79. The standard InChI is InChI=1S/C31H34N4O4/c1-19(2)23-9-5-7-11-25(23)32-30-24-10-6-8-12-26(24)33-31(34-30)35-18-28(37)29(39-20(3)36)27(35)17-21-13-15-22(38-4)16-14-21/h5-16,19,27-29,37H,17-18H2,1-4H3,(H,32,33,34). The number of para-hydroxylation sites is 2. The van der Waals surface area contributed by atoms with Crippen LogP contribution in [0.1, 0.15) is 37.8 Å². The summed E-state index contributed by atoms with van der Waals surface area (Å²) in [4.78, 5) is 23.8. The number of aliphatic hydroxyl groups is 1. The molecule has 0 amide bonds. The van der Waals surface area contributed by atoms with Crippen LogP contribution < -0.4 is 15.0 Å². The Morgan fingerprint density at radius 2 is 1.77 bits per heavy atom. The van der Waals surface area contributed by atoms with Gasteiger partial charge in [0.25, 0.3) is 0 Å². The zero-order valence-corrected chi connectivity index (χ0v) is 22.7. The second-order valence-electron chi connectivity index (χ2n) is 10.2. The van der Waals surface area contributed by atoms with Gasteiger partial charge in [-0.2, -0.15) is 4.98 Å². The number of nitrogens with one attached hydrogen (secondary N) is 1. The molecule has 3 atom stereocenters. The van der Waals surface area contributed by atoms with E-state index in [2.05, 4.69) is 31.3 Å². The molecule has 1 aliphatic rings. The van der Waals surface area contributed by atoms with Crippen LogP contribution in [0.4, 0.5) is 17.5 Å². The lowest BCUT2D eigenvalue weighted by atomic mass is 10.0. The van der Waals surface area contributed by atoms with Gasteiger partial charge in [-0.1, -0.05) is 56.3 Å². The molecule has 0 spiro atoms. The van der Waals surface area contributed by atoms with E-state index >= 15 is 0 Å². The van der Waals surface area contributed by atoms with Gasteiger partial charge in [0.1, 0.15) is 23.8 Å². The molecule has 1 fully saturated rings. The first-order valence-electron chi connectivity index (χ1n) is 13.2. The molecule has 202 valence electrons.